The highest BCUT2D eigenvalue weighted by atomic mass is 14.3. The SMILES string of the molecule is C.C.Cc1ccc(C2CCC(C)(C)CC2)cc1.Cc1ccc(C2CCCCC2)cc1. The smallest absolute Gasteiger partial charge is 0.0162 e. The van der Waals surface area contributed by atoms with E-state index in [1.807, 2.05) is 0 Å². The van der Waals surface area contributed by atoms with E-state index in [9.17, 15) is 0 Å². The lowest BCUT2D eigenvalue weighted by Crippen LogP contribution is -2.20. The van der Waals surface area contributed by atoms with E-state index < -0.39 is 0 Å². The lowest BCUT2D eigenvalue weighted by Gasteiger charge is -2.34. The standard InChI is InChI=1S/C15H22.C13H18.2CH4/c1-12-4-6-13(7-5-12)14-8-10-15(2,3)11-9-14;1-11-7-9-13(10-8-11)12-5-3-2-4-6-12;;/h4-7,14H,8-11H2,1-3H3;7-10,12H,2-6H2,1H3;2*1H4. The third-order valence-corrected chi connectivity index (χ3v) is 7.04. The van der Waals surface area contributed by atoms with Gasteiger partial charge in [-0.3, -0.25) is 0 Å². The molecule has 0 unspecified atom stereocenters. The van der Waals surface area contributed by atoms with Crippen LogP contribution in [-0.4, -0.2) is 0 Å². The summed E-state index contributed by atoms with van der Waals surface area (Å²) in [4.78, 5) is 0. The van der Waals surface area contributed by atoms with Crippen molar-refractivity contribution in [2.75, 3.05) is 0 Å². The number of rotatable bonds is 2. The quantitative estimate of drug-likeness (QED) is 0.463. The van der Waals surface area contributed by atoms with Gasteiger partial charge in [0.2, 0.25) is 0 Å². The van der Waals surface area contributed by atoms with Crippen LogP contribution in [0.2, 0.25) is 0 Å². The molecule has 0 heterocycles. The minimum atomic E-state index is 0. The van der Waals surface area contributed by atoms with E-state index in [1.54, 1.807) is 11.1 Å². The molecule has 0 amide bonds. The Morgan fingerprint density at radius 3 is 1.33 bits per heavy atom. The molecule has 0 aromatic heterocycles. The van der Waals surface area contributed by atoms with Gasteiger partial charge in [-0.2, -0.15) is 0 Å². The Hall–Kier alpha value is -1.56. The van der Waals surface area contributed by atoms with Gasteiger partial charge < -0.3 is 0 Å². The normalized spacial score (nSPS) is 18.9. The summed E-state index contributed by atoms with van der Waals surface area (Å²) in [7, 11) is 0. The van der Waals surface area contributed by atoms with Crippen molar-refractivity contribution in [3.63, 3.8) is 0 Å². The van der Waals surface area contributed by atoms with Crippen LogP contribution in [0.1, 0.15) is 121 Å². The Morgan fingerprint density at radius 2 is 0.933 bits per heavy atom. The van der Waals surface area contributed by atoms with Gasteiger partial charge >= 0.3 is 0 Å². The molecule has 2 fully saturated rings. The number of hydrogen-bond donors (Lipinski definition) is 0. The zero-order chi connectivity index (χ0) is 20.0. The van der Waals surface area contributed by atoms with E-state index in [2.05, 4.69) is 76.2 Å². The van der Waals surface area contributed by atoms with Gasteiger partial charge in [0.15, 0.2) is 0 Å². The summed E-state index contributed by atoms with van der Waals surface area (Å²) < 4.78 is 0. The maximum atomic E-state index is 2.40. The van der Waals surface area contributed by atoms with Gasteiger partial charge in [0.25, 0.3) is 0 Å². The Kier molecular flexibility index (Phi) is 10.9. The van der Waals surface area contributed by atoms with Crippen LogP contribution in [0, 0.1) is 19.3 Å². The van der Waals surface area contributed by atoms with Crippen LogP contribution < -0.4 is 0 Å². The maximum Gasteiger partial charge on any atom is -0.0162 e. The topological polar surface area (TPSA) is 0 Å². The molecule has 2 aromatic rings. The fraction of sp³-hybridized carbons (Fsp3) is 0.600. The first-order valence-corrected chi connectivity index (χ1v) is 11.6. The Balaban J connectivity index is 0.000000284. The highest BCUT2D eigenvalue weighted by Crippen LogP contribution is 2.42. The van der Waals surface area contributed by atoms with E-state index >= 15 is 0 Å². The second kappa shape index (κ2) is 12.3. The molecule has 0 nitrogen and oxygen atoms in total. The molecule has 0 heteroatoms. The van der Waals surface area contributed by atoms with Crippen molar-refractivity contribution in [3.05, 3.63) is 70.8 Å². The van der Waals surface area contributed by atoms with Gasteiger partial charge in [0, 0.05) is 0 Å². The number of benzene rings is 2. The van der Waals surface area contributed by atoms with E-state index in [-0.39, 0.29) is 14.9 Å². The van der Waals surface area contributed by atoms with Crippen LogP contribution in [0.4, 0.5) is 0 Å². The first-order valence-electron chi connectivity index (χ1n) is 11.6. The summed E-state index contributed by atoms with van der Waals surface area (Å²) in [6.45, 7) is 9.12. The summed E-state index contributed by atoms with van der Waals surface area (Å²) in [5, 5.41) is 0. The van der Waals surface area contributed by atoms with Crippen molar-refractivity contribution in [1.82, 2.24) is 0 Å². The Bertz CT molecular complexity index is 689. The van der Waals surface area contributed by atoms with Gasteiger partial charge in [-0.25, -0.2) is 0 Å². The van der Waals surface area contributed by atoms with Gasteiger partial charge in [0.05, 0.1) is 0 Å². The molecular weight excluding hydrogens is 360 g/mol. The summed E-state index contributed by atoms with van der Waals surface area (Å²) >= 11 is 0. The van der Waals surface area contributed by atoms with Gasteiger partial charge in [-0.1, -0.05) is 108 Å². The van der Waals surface area contributed by atoms with Crippen LogP contribution in [0.15, 0.2) is 48.5 Å². The zero-order valence-electron chi connectivity index (χ0n) is 18.6. The van der Waals surface area contributed by atoms with Crippen LogP contribution in [0.25, 0.3) is 0 Å². The molecule has 0 aliphatic heterocycles. The highest BCUT2D eigenvalue weighted by molar-refractivity contribution is 5.25. The van der Waals surface area contributed by atoms with Crippen LogP contribution in [-0.2, 0) is 0 Å². The molecule has 4 rings (SSSR count). The third-order valence-electron chi connectivity index (χ3n) is 7.04. The molecule has 2 aliphatic rings. The van der Waals surface area contributed by atoms with Crippen LogP contribution in [0.5, 0.6) is 0 Å². The van der Waals surface area contributed by atoms with Crippen molar-refractivity contribution in [2.24, 2.45) is 5.41 Å². The van der Waals surface area contributed by atoms with Crippen molar-refractivity contribution >= 4 is 0 Å². The third kappa shape index (κ3) is 7.93. The van der Waals surface area contributed by atoms with Gasteiger partial charge in [0.1, 0.15) is 0 Å². The minimum absolute atomic E-state index is 0. The molecule has 0 N–H and O–H groups in total. The van der Waals surface area contributed by atoms with E-state index in [0.29, 0.717) is 5.41 Å². The molecule has 30 heavy (non-hydrogen) atoms. The first-order chi connectivity index (χ1) is 13.4. The number of hydrogen-bond acceptors (Lipinski definition) is 0. The molecule has 2 saturated carbocycles. The van der Waals surface area contributed by atoms with Crippen LogP contribution >= 0.6 is 0 Å². The molecular formula is C30H48. The minimum Gasteiger partial charge on any atom is -0.0776 e. The summed E-state index contributed by atoms with van der Waals surface area (Å²) in [5.41, 5.74) is 6.44. The highest BCUT2D eigenvalue weighted by Gasteiger charge is 2.27. The van der Waals surface area contributed by atoms with Gasteiger partial charge in [-0.05, 0) is 80.8 Å². The van der Waals surface area contributed by atoms with Crippen molar-refractivity contribution in [3.8, 4) is 0 Å². The molecule has 0 saturated heterocycles. The van der Waals surface area contributed by atoms with E-state index in [4.69, 9.17) is 0 Å². The molecule has 0 radical (unpaired) electrons. The molecule has 0 bridgehead atoms. The Labute approximate surface area is 188 Å². The number of aryl methyl sites for hydroxylation is 2. The lowest BCUT2D eigenvalue weighted by molar-refractivity contribution is 0.224. The molecule has 0 atom stereocenters. The average molecular weight is 409 g/mol. The van der Waals surface area contributed by atoms with Crippen molar-refractivity contribution < 1.29 is 0 Å². The van der Waals surface area contributed by atoms with Crippen molar-refractivity contribution in [2.45, 2.75) is 112 Å². The summed E-state index contributed by atoms with van der Waals surface area (Å²) in [6.07, 6.45) is 12.6. The average Bonchev–Trinajstić information content (AvgIpc) is 2.71. The maximum absolute atomic E-state index is 2.40. The zero-order valence-corrected chi connectivity index (χ0v) is 18.6. The van der Waals surface area contributed by atoms with Gasteiger partial charge in [-0.15, -0.1) is 0 Å². The molecule has 168 valence electrons. The molecule has 2 aliphatic carbocycles. The summed E-state index contributed by atoms with van der Waals surface area (Å²) in [6, 6.07) is 18.2. The van der Waals surface area contributed by atoms with E-state index in [0.717, 1.165) is 11.8 Å². The first kappa shape index (κ1) is 26.5. The largest absolute Gasteiger partial charge is 0.0776 e. The second-order valence-electron chi connectivity index (χ2n) is 10.1. The monoisotopic (exact) mass is 408 g/mol. The summed E-state index contributed by atoms with van der Waals surface area (Å²) in [5.74, 6) is 1.67. The predicted molar refractivity (Wildman–Crippen MR) is 137 cm³/mol. The molecule has 2 aromatic carbocycles. The second-order valence-corrected chi connectivity index (χ2v) is 10.1. The Morgan fingerprint density at radius 1 is 0.567 bits per heavy atom. The van der Waals surface area contributed by atoms with Crippen molar-refractivity contribution in [1.29, 1.82) is 0 Å². The lowest BCUT2D eigenvalue weighted by atomic mass is 9.71. The van der Waals surface area contributed by atoms with E-state index in [1.165, 1.54) is 68.9 Å². The fourth-order valence-corrected chi connectivity index (χ4v) is 4.85. The molecule has 0 spiro atoms. The fourth-order valence-electron chi connectivity index (χ4n) is 4.85. The van der Waals surface area contributed by atoms with Crippen LogP contribution in [0.3, 0.4) is 0 Å². The predicted octanol–water partition coefficient (Wildman–Crippen LogP) is 9.99.